The summed E-state index contributed by atoms with van der Waals surface area (Å²) in [7, 11) is 0. The number of unbranched alkanes of at least 4 members (excludes halogenated alkanes) is 1. The lowest BCUT2D eigenvalue weighted by molar-refractivity contribution is 0.102. The fourth-order valence-corrected chi connectivity index (χ4v) is 2.53. The fraction of sp³-hybridized carbons (Fsp3) is 0.211. The predicted molar refractivity (Wildman–Crippen MR) is 97.0 cm³/mol. The number of hydrogen-bond donors (Lipinski definition) is 2. The van der Waals surface area contributed by atoms with E-state index in [4.69, 9.17) is 5.73 Å². The number of nitrogens with one attached hydrogen (secondary N) is 1. The summed E-state index contributed by atoms with van der Waals surface area (Å²) < 4.78 is 0. The molecule has 3 aromatic rings. The Morgan fingerprint density at radius 3 is 2.71 bits per heavy atom. The van der Waals surface area contributed by atoms with Gasteiger partial charge in [0.05, 0.1) is 5.52 Å². The molecule has 1 aromatic heterocycles. The molecule has 1 heterocycles. The molecule has 0 fully saturated rings. The average molecular weight is 320 g/mol. The molecule has 0 aliphatic carbocycles. The summed E-state index contributed by atoms with van der Waals surface area (Å²) in [6, 6.07) is 13.2. The second kappa shape index (κ2) is 7.08. The topological polar surface area (TPSA) is 80.9 Å². The summed E-state index contributed by atoms with van der Waals surface area (Å²) in [5, 5.41) is 3.73. The van der Waals surface area contributed by atoms with E-state index in [9.17, 15) is 4.79 Å². The van der Waals surface area contributed by atoms with Crippen molar-refractivity contribution in [1.82, 2.24) is 9.97 Å². The first-order chi connectivity index (χ1) is 11.7. The number of aromatic nitrogens is 2. The van der Waals surface area contributed by atoms with E-state index < -0.39 is 0 Å². The molecule has 0 bridgehead atoms. The summed E-state index contributed by atoms with van der Waals surface area (Å²) in [6.45, 7) is 2.17. The molecule has 0 atom stereocenters. The van der Waals surface area contributed by atoms with E-state index in [2.05, 4.69) is 22.2 Å². The second-order valence-electron chi connectivity index (χ2n) is 5.76. The molecular formula is C19H20N4O. The molecule has 1 amide bonds. The van der Waals surface area contributed by atoms with E-state index in [0.29, 0.717) is 11.3 Å². The SMILES string of the molecule is CCCCc1ccc(C(=O)Nc2ccc3nc(N)ncc3c2)cc1. The highest BCUT2D eigenvalue weighted by atomic mass is 16.1. The minimum absolute atomic E-state index is 0.132. The molecule has 0 saturated heterocycles. The number of benzene rings is 2. The van der Waals surface area contributed by atoms with Gasteiger partial charge in [0, 0.05) is 22.8 Å². The van der Waals surface area contributed by atoms with Gasteiger partial charge in [0.25, 0.3) is 5.91 Å². The van der Waals surface area contributed by atoms with Gasteiger partial charge in [-0.3, -0.25) is 4.79 Å². The van der Waals surface area contributed by atoms with Gasteiger partial charge in [0.15, 0.2) is 0 Å². The second-order valence-corrected chi connectivity index (χ2v) is 5.76. The van der Waals surface area contributed by atoms with Crippen LogP contribution in [0.5, 0.6) is 0 Å². The largest absolute Gasteiger partial charge is 0.368 e. The minimum atomic E-state index is -0.132. The number of nitrogen functional groups attached to an aromatic ring is 1. The summed E-state index contributed by atoms with van der Waals surface area (Å²) in [5.41, 5.74) is 8.93. The maximum absolute atomic E-state index is 12.4. The van der Waals surface area contributed by atoms with E-state index in [1.165, 1.54) is 12.0 Å². The lowest BCUT2D eigenvalue weighted by Gasteiger charge is -2.07. The Hall–Kier alpha value is -2.95. The summed E-state index contributed by atoms with van der Waals surface area (Å²) in [5.74, 6) is 0.107. The molecule has 122 valence electrons. The zero-order valence-electron chi connectivity index (χ0n) is 13.6. The minimum Gasteiger partial charge on any atom is -0.368 e. The van der Waals surface area contributed by atoms with Gasteiger partial charge in [-0.2, -0.15) is 0 Å². The Balaban J connectivity index is 1.73. The lowest BCUT2D eigenvalue weighted by Crippen LogP contribution is -2.11. The number of rotatable bonds is 5. The van der Waals surface area contributed by atoms with Gasteiger partial charge in [0.2, 0.25) is 5.95 Å². The monoisotopic (exact) mass is 320 g/mol. The summed E-state index contributed by atoms with van der Waals surface area (Å²) >= 11 is 0. The number of anilines is 2. The van der Waals surface area contributed by atoms with Crippen molar-refractivity contribution in [2.75, 3.05) is 11.1 Å². The van der Waals surface area contributed by atoms with E-state index in [1.807, 2.05) is 42.5 Å². The molecule has 2 aromatic carbocycles. The van der Waals surface area contributed by atoms with Crippen LogP contribution in [0.2, 0.25) is 0 Å². The maximum Gasteiger partial charge on any atom is 0.255 e. The molecule has 0 saturated carbocycles. The van der Waals surface area contributed by atoms with Crippen molar-refractivity contribution in [1.29, 1.82) is 0 Å². The lowest BCUT2D eigenvalue weighted by atomic mass is 10.1. The fourth-order valence-electron chi connectivity index (χ4n) is 2.53. The molecular weight excluding hydrogens is 300 g/mol. The Morgan fingerprint density at radius 1 is 1.17 bits per heavy atom. The van der Waals surface area contributed by atoms with E-state index in [1.54, 1.807) is 6.20 Å². The van der Waals surface area contributed by atoms with Crippen LogP contribution in [-0.4, -0.2) is 15.9 Å². The van der Waals surface area contributed by atoms with Crippen molar-refractivity contribution < 1.29 is 4.79 Å². The maximum atomic E-state index is 12.4. The molecule has 0 spiro atoms. The van der Waals surface area contributed by atoms with Gasteiger partial charge < -0.3 is 11.1 Å². The van der Waals surface area contributed by atoms with Crippen LogP contribution in [0.25, 0.3) is 10.9 Å². The third kappa shape index (κ3) is 3.68. The Labute approximate surface area is 140 Å². The van der Waals surface area contributed by atoms with Crippen molar-refractivity contribution in [3.63, 3.8) is 0 Å². The molecule has 0 radical (unpaired) electrons. The molecule has 3 rings (SSSR count). The van der Waals surface area contributed by atoms with E-state index in [-0.39, 0.29) is 11.9 Å². The number of nitrogens with two attached hydrogens (primary N) is 1. The van der Waals surface area contributed by atoms with Crippen LogP contribution in [0.15, 0.2) is 48.7 Å². The number of fused-ring (bicyclic) bond motifs is 1. The van der Waals surface area contributed by atoms with Gasteiger partial charge >= 0.3 is 0 Å². The van der Waals surface area contributed by atoms with Crippen molar-refractivity contribution in [2.24, 2.45) is 0 Å². The van der Waals surface area contributed by atoms with Gasteiger partial charge in [0.1, 0.15) is 0 Å². The van der Waals surface area contributed by atoms with E-state index >= 15 is 0 Å². The first-order valence-electron chi connectivity index (χ1n) is 8.08. The van der Waals surface area contributed by atoms with E-state index in [0.717, 1.165) is 23.7 Å². The van der Waals surface area contributed by atoms with Crippen LogP contribution < -0.4 is 11.1 Å². The first-order valence-corrected chi connectivity index (χ1v) is 8.08. The Kier molecular flexibility index (Phi) is 4.70. The molecule has 0 aliphatic heterocycles. The van der Waals surface area contributed by atoms with Crippen LogP contribution >= 0.6 is 0 Å². The number of hydrogen-bond acceptors (Lipinski definition) is 4. The molecule has 3 N–H and O–H groups in total. The zero-order chi connectivity index (χ0) is 16.9. The quantitative estimate of drug-likeness (QED) is 0.749. The Bertz CT molecular complexity index is 859. The first kappa shape index (κ1) is 15.9. The summed E-state index contributed by atoms with van der Waals surface area (Å²) in [4.78, 5) is 20.5. The predicted octanol–water partition coefficient (Wildman–Crippen LogP) is 3.81. The standard InChI is InChI=1S/C19H20N4O/c1-2-3-4-13-5-7-14(8-6-13)18(24)22-16-9-10-17-15(11-16)12-21-19(20)23-17/h5-12H,2-4H2,1H3,(H,22,24)(H2,20,21,23). The van der Waals surface area contributed by atoms with Crippen LogP contribution in [0.1, 0.15) is 35.7 Å². The molecule has 0 unspecified atom stereocenters. The van der Waals surface area contributed by atoms with Crippen LogP contribution in [0, 0.1) is 0 Å². The van der Waals surface area contributed by atoms with Crippen molar-refractivity contribution in [3.8, 4) is 0 Å². The average Bonchev–Trinajstić information content (AvgIpc) is 2.60. The third-order valence-corrected chi connectivity index (χ3v) is 3.89. The Morgan fingerprint density at radius 2 is 1.96 bits per heavy atom. The molecule has 5 heteroatoms. The molecule has 24 heavy (non-hydrogen) atoms. The third-order valence-electron chi connectivity index (χ3n) is 3.89. The van der Waals surface area contributed by atoms with Crippen LogP contribution in [0.4, 0.5) is 11.6 Å². The van der Waals surface area contributed by atoms with Gasteiger partial charge in [-0.25, -0.2) is 9.97 Å². The van der Waals surface area contributed by atoms with Gasteiger partial charge in [-0.1, -0.05) is 25.5 Å². The smallest absolute Gasteiger partial charge is 0.255 e. The number of aryl methyl sites for hydroxylation is 1. The highest BCUT2D eigenvalue weighted by Gasteiger charge is 2.07. The van der Waals surface area contributed by atoms with Crippen molar-refractivity contribution >= 4 is 28.4 Å². The highest BCUT2D eigenvalue weighted by molar-refractivity contribution is 6.05. The van der Waals surface area contributed by atoms with Crippen LogP contribution in [-0.2, 0) is 6.42 Å². The van der Waals surface area contributed by atoms with Crippen molar-refractivity contribution in [3.05, 3.63) is 59.8 Å². The molecule has 0 aliphatic rings. The number of amides is 1. The van der Waals surface area contributed by atoms with Crippen molar-refractivity contribution in [2.45, 2.75) is 26.2 Å². The summed E-state index contributed by atoms with van der Waals surface area (Å²) in [6.07, 6.45) is 5.02. The normalized spacial score (nSPS) is 10.7. The van der Waals surface area contributed by atoms with Gasteiger partial charge in [-0.05, 0) is 48.7 Å². The number of nitrogens with zero attached hydrogens (tertiary/aromatic N) is 2. The molecule has 5 nitrogen and oxygen atoms in total. The zero-order valence-corrected chi connectivity index (χ0v) is 13.6. The number of carbonyl (C=O) groups excluding carboxylic acids is 1. The van der Waals surface area contributed by atoms with Crippen LogP contribution in [0.3, 0.4) is 0 Å². The van der Waals surface area contributed by atoms with Gasteiger partial charge in [-0.15, -0.1) is 0 Å². The highest BCUT2D eigenvalue weighted by Crippen LogP contribution is 2.18. The number of carbonyl (C=O) groups is 1.